The lowest BCUT2D eigenvalue weighted by Gasteiger charge is -2.21. The predicted molar refractivity (Wildman–Crippen MR) is 106 cm³/mol. The van der Waals surface area contributed by atoms with Crippen LogP contribution < -0.4 is 0 Å². The summed E-state index contributed by atoms with van der Waals surface area (Å²) in [5.74, 6) is -0.720. The van der Waals surface area contributed by atoms with Crippen molar-refractivity contribution in [3.05, 3.63) is 0 Å². The molecule has 0 aromatic carbocycles. The fraction of sp³-hybridized carbons (Fsp3) is 0.952. The van der Waals surface area contributed by atoms with Crippen LogP contribution in [0, 0.1) is 0 Å². The number of hydrogen-bond acceptors (Lipinski definition) is 4. The Bertz CT molecular complexity index is 322. The van der Waals surface area contributed by atoms with Gasteiger partial charge in [-0.2, -0.15) is 0 Å². The fourth-order valence-corrected chi connectivity index (χ4v) is 3.36. The van der Waals surface area contributed by atoms with Gasteiger partial charge in [0.05, 0.1) is 18.3 Å². The molecule has 5 nitrogen and oxygen atoms in total. The molecule has 0 aliphatic heterocycles. The third-order valence-electron chi connectivity index (χ3n) is 5.16. The van der Waals surface area contributed by atoms with E-state index < -0.39 is 5.97 Å². The molecule has 0 aliphatic carbocycles. The second-order valence-corrected chi connectivity index (χ2v) is 7.22. The summed E-state index contributed by atoms with van der Waals surface area (Å²) in [7, 11) is 5.34. The number of hydrogen-bond donors (Lipinski definition) is 1. The summed E-state index contributed by atoms with van der Waals surface area (Å²) in [6.45, 7) is 2.23. The van der Waals surface area contributed by atoms with Gasteiger partial charge in [-0.3, -0.25) is 4.79 Å². The lowest BCUT2D eigenvalue weighted by molar-refractivity contribution is -0.137. The molecule has 0 amide bonds. The number of carboxylic acids is 1. The SMILES string of the molecule is CCCCCC(CCCC(CCC(CCCCC(=O)O)OC)OC)OC. The molecule has 3 atom stereocenters. The first-order valence-electron chi connectivity index (χ1n) is 10.4. The Labute approximate surface area is 160 Å². The van der Waals surface area contributed by atoms with Crippen LogP contribution in [-0.4, -0.2) is 50.7 Å². The van der Waals surface area contributed by atoms with E-state index >= 15 is 0 Å². The van der Waals surface area contributed by atoms with E-state index in [9.17, 15) is 4.79 Å². The predicted octanol–water partition coefficient (Wildman–Crippen LogP) is 5.21. The van der Waals surface area contributed by atoms with Crippen molar-refractivity contribution >= 4 is 5.97 Å². The van der Waals surface area contributed by atoms with Crippen LogP contribution in [0.15, 0.2) is 0 Å². The van der Waals surface area contributed by atoms with Crippen molar-refractivity contribution in [2.75, 3.05) is 21.3 Å². The minimum Gasteiger partial charge on any atom is -0.481 e. The van der Waals surface area contributed by atoms with Gasteiger partial charge in [0.2, 0.25) is 0 Å². The molecule has 5 heteroatoms. The molecule has 3 unspecified atom stereocenters. The van der Waals surface area contributed by atoms with E-state index in [0.29, 0.717) is 6.10 Å². The highest BCUT2D eigenvalue weighted by molar-refractivity contribution is 5.66. The van der Waals surface area contributed by atoms with Crippen molar-refractivity contribution in [1.82, 2.24) is 0 Å². The largest absolute Gasteiger partial charge is 0.481 e. The van der Waals surface area contributed by atoms with Gasteiger partial charge >= 0.3 is 5.97 Å². The van der Waals surface area contributed by atoms with E-state index in [1.807, 2.05) is 7.11 Å². The Kier molecular flexibility index (Phi) is 17.3. The molecule has 0 saturated heterocycles. The van der Waals surface area contributed by atoms with Gasteiger partial charge in [-0.05, 0) is 51.4 Å². The number of carboxylic acid groups (broad SMARTS) is 1. The van der Waals surface area contributed by atoms with Crippen LogP contribution >= 0.6 is 0 Å². The molecule has 0 radical (unpaired) electrons. The van der Waals surface area contributed by atoms with Crippen LogP contribution in [0.5, 0.6) is 0 Å². The monoisotopic (exact) mass is 374 g/mol. The second-order valence-electron chi connectivity index (χ2n) is 7.22. The maximum atomic E-state index is 10.6. The van der Waals surface area contributed by atoms with Crippen molar-refractivity contribution in [1.29, 1.82) is 0 Å². The van der Waals surface area contributed by atoms with Crippen molar-refractivity contribution < 1.29 is 24.1 Å². The molecule has 0 heterocycles. The van der Waals surface area contributed by atoms with E-state index in [0.717, 1.165) is 57.8 Å². The van der Waals surface area contributed by atoms with Crippen LogP contribution in [0.2, 0.25) is 0 Å². The summed E-state index contributed by atoms with van der Waals surface area (Å²) < 4.78 is 16.8. The highest BCUT2D eigenvalue weighted by Crippen LogP contribution is 2.19. The van der Waals surface area contributed by atoms with Crippen molar-refractivity contribution in [3.8, 4) is 0 Å². The maximum absolute atomic E-state index is 10.6. The maximum Gasteiger partial charge on any atom is 0.303 e. The van der Waals surface area contributed by atoms with Gasteiger partial charge in [0, 0.05) is 27.8 Å². The highest BCUT2D eigenvalue weighted by atomic mass is 16.5. The van der Waals surface area contributed by atoms with E-state index in [4.69, 9.17) is 19.3 Å². The average Bonchev–Trinajstić information content (AvgIpc) is 2.64. The van der Waals surface area contributed by atoms with Gasteiger partial charge in [-0.15, -0.1) is 0 Å². The average molecular weight is 375 g/mol. The van der Waals surface area contributed by atoms with Gasteiger partial charge in [-0.25, -0.2) is 0 Å². The Morgan fingerprint density at radius 1 is 0.692 bits per heavy atom. The lowest BCUT2D eigenvalue weighted by atomic mass is 9.99. The Morgan fingerprint density at radius 3 is 1.54 bits per heavy atom. The third kappa shape index (κ3) is 14.5. The molecule has 0 aromatic heterocycles. The summed E-state index contributed by atoms with van der Waals surface area (Å²) in [5.41, 5.74) is 0. The number of carbonyl (C=O) groups is 1. The van der Waals surface area contributed by atoms with E-state index in [2.05, 4.69) is 6.92 Å². The minimum absolute atomic E-state index is 0.196. The Hall–Kier alpha value is -0.650. The Morgan fingerprint density at radius 2 is 1.12 bits per heavy atom. The lowest BCUT2D eigenvalue weighted by Crippen LogP contribution is -2.18. The summed E-state index contributed by atoms with van der Waals surface area (Å²) >= 11 is 0. The zero-order valence-corrected chi connectivity index (χ0v) is 17.5. The number of methoxy groups -OCH3 is 3. The van der Waals surface area contributed by atoms with Gasteiger partial charge in [0.1, 0.15) is 0 Å². The first-order valence-corrected chi connectivity index (χ1v) is 10.4. The van der Waals surface area contributed by atoms with Crippen molar-refractivity contribution in [2.24, 2.45) is 0 Å². The second kappa shape index (κ2) is 17.7. The first-order chi connectivity index (χ1) is 12.6. The third-order valence-corrected chi connectivity index (χ3v) is 5.16. The molecule has 0 rings (SSSR count). The topological polar surface area (TPSA) is 65.0 Å². The molecule has 156 valence electrons. The van der Waals surface area contributed by atoms with Gasteiger partial charge < -0.3 is 19.3 Å². The number of ether oxygens (including phenoxy) is 3. The van der Waals surface area contributed by atoms with Crippen molar-refractivity contribution in [3.63, 3.8) is 0 Å². The van der Waals surface area contributed by atoms with E-state index in [1.165, 1.54) is 19.3 Å². The van der Waals surface area contributed by atoms with Crippen LogP contribution in [0.3, 0.4) is 0 Å². The smallest absolute Gasteiger partial charge is 0.303 e. The summed E-state index contributed by atoms with van der Waals surface area (Å²) in [4.78, 5) is 10.6. The van der Waals surface area contributed by atoms with Crippen LogP contribution in [0.4, 0.5) is 0 Å². The van der Waals surface area contributed by atoms with Gasteiger partial charge in [0.15, 0.2) is 0 Å². The highest BCUT2D eigenvalue weighted by Gasteiger charge is 2.14. The van der Waals surface area contributed by atoms with Crippen molar-refractivity contribution in [2.45, 2.75) is 109 Å². The van der Waals surface area contributed by atoms with Gasteiger partial charge in [0.25, 0.3) is 0 Å². The molecule has 0 saturated carbocycles. The van der Waals surface area contributed by atoms with Crippen LogP contribution in [0.1, 0.15) is 90.4 Å². The molecule has 0 aliphatic rings. The summed E-state index contributed by atoms with van der Waals surface area (Å²) in [6, 6.07) is 0. The van der Waals surface area contributed by atoms with E-state index in [-0.39, 0.29) is 18.6 Å². The summed E-state index contributed by atoms with van der Waals surface area (Å²) in [6.07, 6.45) is 13.8. The molecular weight excluding hydrogens is 332 g/mol. The number of aliphatic carboxylic acids is 1. The van der Waals surface area contributed by atoms with E-state index in [1.54, 1.807) is 14.2 Å². The quantitative estimate of drug-likeness (QED) is 0.315. The zero-order valence-electron chi connectivity index (χ0n) is 17.5. The summed E-state index contributed by atoms with van der Waals surface area (Å²) in [5, 5.41) is 8.69. The normalized spacial score (nSPS) is 14.9. The van der Waals surface area contributed by atoms with Crippen LogP contribution in [0.25, 0.3) is 0 Å². The molecular formula is C21H42O5. The molecule has 0 spiro atoms. The van der Waals surface area contributed by atoms with Crippen LogP contribution in [-0.2, 0) is 19.0 Å². The molecule has 0 fully saturated rings. The molecule has 1 N–H and O–H groups in total. The molecule has 26 heavy (non-hydrogen) atoms. The zero-order chi connectivity index (χ0) is 19.6. The number of unbranched alkanes of at least 4 members (excludes halogenated alkanes) is 3. The fourth-order valence-electron chi connectivity index (χ4n) is 3.36. The first kappa shape index (κ1) is 25.4. The van der Waals surface area contributed by atoms with Gasteiger partial charge in [-0.1, -0.05) is 32.6 Å². The standard InChI is InChI=1S/C21H42O5/c1-5-6-7-11-18(24-2)13-10-14-20(26-4)17-16-19(25-3)12-8-9-15-21(22)23/h18-20H,5-17H2,1-4H3,(H,22,23). The minimum atomic E-state index is -0.720. The number of rotatable bonds is 19. The molecule has 0 bridgehead atoms. The molecule has 0 aromatic rings. The Balaban J connectivity index is 3.95.